The van der Waals surface area contributed by atoms with Crippen LogP contribution in [0.4, 0.5) is 0 Å². The van der Waals surface area contributed by atoms with Crippen molar-refractivity contribution in [2.45, 2.75) is 32.1 Å². The van der Waals surface area contributed by atoms with E-state index in [-0.39, 0.29) is 5.92 Å². The normalized spacial score (nSPS) is 11.7. The predicted molar refractivity (Wildman–Crippen MR) is 83.7 cm³/mol. The summed E-state index contributed by atoms with van der Waals surface area (Å²) in [5.41, 5.74) is 4.06. The first-order chi connectivity index (χ1) is 10.1. The number of hydrogen-bond donors (Lipinski definition) is 0. The van der Waals surface area contributed by atoms with Crippen molar-refractivity contribution in [1.82, 2.24) is 0 Å². The van der Waals surface area contributed by atoms with Gasteiger partial charge in [-0.3, -0.25) is 0 Å². The Kier molecular flexibility index (Phi) is 4.75. The van der Waals surface area contributed by atoms with Gasteiger partial charge < -0.3 is 0 Å². The molecule has 0 saturated heterocycles. The number of hydrogen-bond acceptors (Lipinski definition) is 2. The second-order valence-corrected chi connectivity index (χ2v) is 5.52. The summed E-state index contributed by atoms with van der Waals surface area (Å²) in [4.78, 5) is 0. The van der Waals surface area contributed by atoms with Crippen LogP contribution < -0.4 is 0 Å². The number of nitrogens with zero attached hydrogens (tertiary/aromatic N) is 2. The maximum absolute atomic E-state index is 9.42. The van der Waals surface area contributed by atoms with Crippen LogP contribution in [-0.4, -0.2) is 0 Å². The molecule has 0 amide bonds. The Morgan fingerprint density at radius 1 is 0.857 bits per heavy atom. The molecule has 2 aromatic carbocycles. The fourth-order valence-corrected chi connectivity index (χ4v) is 2.30. The number of benzene rings is 2. The minimum atomic E-state index is -0.154. The van der Waals surface area contributed by atoms with E-state index in [1.165, 1.54) is 5.56 Å². The van der Waals surface area contributed by atoms with Gasteiger partial charge in [0.1, 0.15) is 0 Å². The third-order valence-electron chi connectivity index (χ3n) is 3.68. The first kappa shape index (κ1) is 14.8. The van der Waals surface area contributed by atoms with Crippen LogP contribution in [0.15, 0.2) is 48.5 Å². The second-order valence-electron chi connectivity index (χ2n) is 5.52. The van der Waals surface area contributed by atoms with Crippen molar-refractivity contribution < 1.29 is 0 Å². The summed E-state index contributed by atoms with van der Waals surface area (Å²) in [6.07, 6.45) is 0.670. The molecule has 2 aromatic rings. The molecule has 0 radical (unpaired) electrons. The minimum absolute atomic E-state index is 0.154. The van der Waals surface area contributed by atoms with Gasteiger partial charge >= 0.3 is 0 Å². The summed E-state index contributed by atoms with van der Waals surface area (Å²) in [6.45, 7) is 4.32. The molecule has 2 rings (SSSR count). The smallest absolute Gasteiger partial charge is 0.0991 e. The molecule has 0 N–H and O–H groups in total. The zero-order valence-electron chi connectivity index (χ0n) is 12.4. The lowest BCUT2D eigenvalue weighted by Gasteiger charge is -2.12. The number of nitriles is 2. The van der Waals surface area contributed by atoms with E-state index in [2.05, 4.69) is 38.1 Å². The van der Waals surface area contributed by atoms with Crippen LogP contribution >= 0.6 is 0 Å². The van der Waals surface area contributed by atoms with E-state index < -0.39 is 0 Å². The Balaban J connectivity index is 2.16. The fraction of sp³-hybridized carbons (Fsp3) is 0.263. The van der Waals surface area contributed by atoms with Gasteiger partial charge in [0.15, 0.2) is 0 Å². The topological polar surface area (TPSA) is 47.6 Å². The highest BCUT2D eigenvalue weighted by Gasteiger charge is 2.12. The van der Waals surface area contributed by atoms with Gasteiger partial charge in [-0.2, -0.15) is 10.5 Å². The molecule has 0 heterocycles. The standard InChI is InChI=1S/C19H18N2/c1-14(2)17-7-9-18(10-8-17)19(13-21)11-15-3-5-16(12-20)6-4-15/h3-10,14,19H,11H2,1-2H3. The monoisotopic (exact) mass is 274 g/mol. The first-order valence-electron chi connectivity index (χ1n) is 7.12. The van der Waals surface area contributed by atoms with Crippen LogP contribution in [-0.2, 0) is 6.42 Å². The van der Waals surface area contributed by atoms with Crippen LogP contribution in [0.1, 0.15) is 47.9 Å². The molecule has 0 aliphatic carbocycles. The van der Waals surface area contributed by atoms with Gasteiger partial charge in [0, 0.05) is 0 Å². The first-order valence-corrected chi connectivity index (χ1v) is 7.12. The van der Waals surface area contributed by atoms with Crippen LogP contribution in [0.2, 0.25) is 0 Å². The van der Waals surface area contributed by atoms with Crippen LogP contribution in [0.5, 0.6) is 0 Å². The molecule has 2 nitrogen and oxygen atoms in total. The molecule has 0 fully saturated rings. The third-order valence-corrected chi connectivity index (χ3v) is 3.68. The highest BCUT2D eigenvalue weighted by atomic mass is 14.3. The van der Waals surface area contributed by atoms with E-state index in [9.17, 15) is 5.26 Å². The van der Waals surface area contributed by atoms with Gasteiger partial charge in [-0.05, 0) is 41.2 Å². The lowest BCUT2D eigenvalue weighted by Crippen LogP contribution is -2.01. The summed E-state index contributed by atoms with van der Waals surface area (Å²) in [6, 6.07) is 20.2. The van der Waals surface area contributed by atoms with E-state index in [4.69, 9.17) is 5.26 Å². The molecule has 2 heteroatoms. The molecule has 0 aromatic heterocycles. The predicted octanol–water partition coefficient (Wildman–Crippen LogP) is 4.53. The SMILES string of the molecule is CC(C)c1ccc(C(C#N)Cc2ccc(C#N)cc2)cc1. The average Bonchev–Trinajstić information content (AvgIpc) is 2.53. The van der Waals surface area contributed by atoms with E-state index >= 15 is 0 Å². The highest BCUT2D eigenvalue weighted by Crippen LogP contribution is 2.23. The Labute approximate surface area is 126 Å². The van der Waals surface area contributed by atoms with E-state index in [0.29, 0.717) is 17.9 Å². The molecule has 0 aliphatic rings. The van der Waals surface area contributed by atoms with Crippen molar-refractivity contribution >= 4 is 0 Å². The van der Waals surface area contributed by atoms with Crippen molar-refractivity contribution in [2.75, 3.05) is 0 Å². The van der Waals surface area contributed by atoms with Gasteiger partial charge in [0.2, 0.25) is 0 Å². The largest absolute Gasteiger partial charge is 0.198 e. The van der Waals surface area contributed by atoms with E-state index in [0.717, 1.165) is 11.1 Å². The summed E-state index contributed by atoms with van der Waals surface area (Å²) in [7, 11) is 0. The van der Waals surface area contributed by atoms with Crippen molar-refractivity contribution in [3.05, 3.63) is 70.8 Å². The molecule has 0 saturated carbocycles. The van der Waals surface area contributed by atoms with E-state index in [1.807, 2.05) is 24.3 Å². The van der Waals surface area contributed by atoms with Gasteiger partial charge in [0.25, 0.3) is 0 Å². The lowest BCUT2D eigenvalue weighted by atomic mass is 9.91. The Bertz CT molecular complexity index is 667. The molecule has 0 spiro atoms. The summed E-state index contributed by atoms with van der Waals surface area (Å²) in [5.74, 6) is 0.345. The highest BCUT2D eigenvalue weighted by molar-refractivity contribution is 5.35. The van der Waals surface area contributed by atoms with Crippen molar-refractivity contribution in [2.24, 2.45) is 0 Å². The Hall–Kier alpha value is -2.58. The summed E-state index contributed by atoms with van der Waals surface area (Å²) < 4.78 is 0. The molecular formula is C19H18N2. The van der Waals surface area contributed by atoms with Gasteiger partial charge in [-0.15, -0.1) is 0 Å². The molecule has 1 atom stereocenters. The molecule has 0 bridgehead atoms. The van der Waals surface area contributed by atoms with Gasteiger partial charge in [-0.1, -0.05) is 50.2 Å². The average molecular weight is 274 g/mol. The quantitative estimate of drug-likeness (QED) is 0.822. The molecular weight excluding hydrogens is 256 g/mol. The molecule has 1 unspecified atom stereocenters. The second kappa shape index (κ2) is 6.73. The third kappa shape index (κ3) is 3.71. The zero-order chi connectivity index (χ0) is 15.2. The summed E-state index contributed by atoms with van der Waals surface area (Å²) in [5, 5.41) is 18.2. The summed E-state index contributed by atoms with van der Waals surface area (Å²) >= 11 is 0. The molecule has 104 valence electrons. The van der Waals surface area contributed by atoms with Crippen LogP contribution in [0, 0.1) is 22.7 Å². The van der Waals surface area contributed by atoms with Crippen LogP contribution in [0.3, 0.4) is 0 Å². The van der Waals surface area contributed by atoms with Crippen molar-refractivity contribution in [3.63, 3.8) is 0 Å². The molecule has 21 heavy (non-hydrogen) atoms. The van der Waals surface area contributed by atoms with E-state index in [1.54, 1.807) is 12.1 Å². The van der Waals surface area contributed by atoms with Gasteiger partial charge in [-0.25, -0.2) is 0 Å². The minimum Gasteiger partial charge on any atom is -0.198 e. The fourth-order valence-electron chi connectivity index (χ4n) is 2.30. The zero-order valence-corrected chi connectivity index (χ0v) is 12.4. The molecule has 0 aliphatic heterocycles. The van der Waals surface area contributed by atoms with Crippen molar-refractivity contribution in [1.29, 1.82) is 10.5 Å². The Morgan fingerprint density at radius 3 is 1.90 bits per heavy atom. The number of rotatable bonds is 4. The van der Waals surface area contributed by atoms with Crippen molar-refractivity contribution in [3.8, 4) is 12.1 Å². The maximum atomic E-state index is 9.42. The van der Waals surface area contributed by atoms with Crippen LogP contribution in [0.25, 0.3) is 0 Å². The maximum Gasteiger partial charge on any atom is 0.0991 e. The Morgan fingerprint density at radius 2 is 1.43 bits per heavy atom. The lowest BCUT2D eigenvalue weighted by molar-refractivity contribution is 0.836. The van der Waals surface area contributed by atoms with Gasteiger partial charge in [0.05, 0.1) is 23.6 Å².